The molecule has 142 valence electrons. The number of rotatable bonds is 6. The molecular weight excluding hydrogens is 362 g/mol. The average molecular weight is 379 g/mol. The van der Waals surface area contributed by atoms with Crippen molar-refractivity contribution in [2.45, 2.75) is 6.54 Å². The van der Waals surface area contributed by atoms with Gasteiger partial charge in [-0.3, -0.25) is 9.59 Å². The maximum absolute atomic E-state index is 12.8. The van der Waals surface area contributed by atoms with Crippen molar-refractivity contribution in [3.63, 3.8) is 0 Å². The zero-order valence-corrected chi connectivity index (χ0v) is 15.0. The van der Waals surface area contributed by atoms with Crippen LogP contribution in [-0.4, -0.2) is 33.6 Å². The van der Waals surface area contributed by atoms with Crippen molar-refractivity contribution < 1.29 is 24.5 Å². The lowest BCUT2D eigenvalue weighted by Crippen LogP contribution is -2.16. The van der Waals surface area contributed by atoms with E-state index in [2.05, 4.69) is 0 Å². The Morgan fingerprint density at radius 3 is 2.46 bits per heavy atom. The molecule has 0 aliphatic carbocycles. The second-order valence-electron chi connectivity index (χ2n) is 6.03. The predicted molar refractivity (Wildman–Crippen MR) is 104 cm³/mol. The van der Waals surface area contributed by atoms with Crippen molar-refractivity contribution in [1.29, 1.82) is 0 Å². The molecule has 3 rings (SSSR count). The first-order chi connectivity index (χ1) is 13.4. The molecule has 7 heteroatoms. The molecule has 1 heterocycles. The van der Waals surface area contributed by atoms with Gasteiger partial charge in [-0.05, 0) is 18.2 Å². The van der Waals surface area contributed by atoms with Crippen LogP contribution < -0.4 is 10.2 Å². The molecule has 2 aromatic carbocycles. The van der Waals surface area contributed by atoms with Gasteiger partial charge in [0.05, 0.1) is 24.7 Å². The van der Waals surface area contributed by atoms with Crippen molar-refractivity contribution in [1.82, 2.24) is 4.57 Å². The first kappa shape index (κ1) is 18.9. The number of methoxy groups -OCH3 is 1. The quantitative estimate of drug-likeness (QED) is 0.387. The van der Waals surface area contributed by atoms with Gasteiger partial charge in [0.2, 0.25) is 0 Å². The highest BCUT2D eigenvalue weighted by Crippen LogP contribution is 2.22. The summed E-state index contributed by atoms with van der Waals surface area (Å²) >= 11 is 0. The number of hydrogen-bond acceptors (Lipinski definition) is 5. The van der Waals surface area contributed by atoms with E-state index in [9.17, 15) is 19.5 Å². The molecule has 0 amide bonds. The smallest absolute Gasteiger partial charge is 0.376 e. The molecule has 2 N–H and O–H groups in total. The largest absolute Gasteiger partial charge is 0.507 e. The molecule has 0 aliphatic rings. The van der Waals surface area contributed by atoms with E-state index < -0.39 is 22.9 Å². The van der Waals surface area contributed by atoms with E-state index in [0.29, 0.717) is 29.3 Å². The number of ether oxygens (including phenoxy) is 1. The van der Waals surface area contributed by atoms with Gasteiger partial charge < -0.3 is 19.5 Å². The molecule has 7 nitrogen and oxygen atoms in total. The second kappa shape index (κ2) is 7.79. The molecule has 28 heavy (non-hydrogen) atoms. The third-order valence-corrected chi connectivity index (χ3v) is 4.28. The third-order valence-electron chi connectivity index (χ3n) is 4.28. The summed E-state index contributed by atoms with van der Waals surface area (Å²) in [5, 5.41) is 19.3. The normalized spacial score (nSPS) is 11.4. The number of nitrogens with zero attached hydrogens (tertiary/aromatic N) is 1. The van der Waals surface area contributed by atoms with E-state index in [1.54, 1.807) is 35.9 Å². The topological polar surface area (TPSA) is 106 Å². The molecule has 0 bridgehead atoms. The molecule has 0 unspecified atom stereocenters. The van der Waals surface area contributed by atoms with Crippen molar-refractivity contribution in [2.75, 3.05) is 7.11 Å². The molecule has 3 aromatic rings. The number of hydrogen-bond donors (Lipinski definition) is 2. The minimum Gasteiger partial charge on any atom is -0.507 e. The number of aromatic nitrogens is 1. The Morgan fingerprint density at radius 1 is 1.07 bits per heavy atom. The van der Waals surface area contributed by atoms with Gasteiger partial charge in [-0.15, -0.1) is 0 Å². The van der Waals surface area contributed by atoms with Crippen LogP contribution in [0.2, 0.25) is 0 Å². The van der Waals surface area contributed by atoms with Crippen molar-refractivity contribution in [2.24, 2.45) is 0 Å². The molecule has 0 aliphatic heterocycles. The standard InChI is InChI=1S/C21H17NO6/c1-28-19-9-5-2-6-13(19)11-22-12-15(17(23)10-18(24)21(26)27)20(25)14-7-3-4-8-16(14)22/h2-10,12,23H,11H2,1H3,(H,26,27). The number of benzene rings is 2. The van der Waals surface area contributed by atoms with Crippen LogP contribution in [0, 0.1) is 0 Å². The Labute approximate surface area is 159 Å². The minimum atomic E-state index is -1.72. The Balaban J connectivity index is 2.20. The van der Waals surface area contributed by atoms with Crippen LogP contribution in [0.15, 0.2) is 65.6 Å². The molecule has 0 fully saturated rings. The van der Waals surface area contributed by atoms with Gasteiger partial charge in [-0.1, -0.05) is 30.3 Å². The number of carbonyl (C=O) groups excluding carboxylic acids is 1. The van der Waals surface area contributed by atoms with Crippen LogP contribution in [0.3, 0.4) is 0 Å². The average Bonchev–Trinajstić information content (AvgIpc) is 2.70. The number of carboxylic acid groups (broad SMARTS) is 1. The van der Waals surface area contributed by atoms with Gasteiger partial charge in [0.1, 0.15) is 11.5 Å². The van der Waals surface area contributed by atoms with E-state index in [-0.39, 0.29) is 5.56 Å². The summed E-state index contributed by atoms with van der Waals surface area (Å²) in [6.45, 7) is 0.331. The van der Waals surface area contributed by atoms with Crippen molar-refractivity contribution in [3.8, 4) is 5.75 Å². The first-order valence-corrected chi connectivity index (χ1v) is 8.34. The number of carbonyl (C=O) groups is 2. The zero-order valence-electron chi connectivity index (χ0n) is 15.0. The van der Waals surface area contributed by atoms with Crippen LogP contribution in [0.4, 0.5) is 0 Å². The van der Waals surface area contributed by atoms with Gasteiger partial charge >= 0.3 is 5.97 Å². The van der Waals surface area contributed by atoms with Gasteiger partial charge in [0.15, 0.2) is 5.43 Å². The summed E-state index contributed by atoms with van der Waals surface area (Å²) in [4.78, 5) is 34.9. The van der Waals surface area contributed by atoms with Crippen molar-refractivity contribution in [3.05, 3.63) is 82.2 Å². The SMILES string of the molecule is COc1ccccc1Cn1cc(C(O)=CC(=O)C(=O)O)c(=O)c2ccccc21. The van der Waals surface area contributed by atoms with Gasteiger partial charge in [0, 0.05) is 23.2 Å². The zero-order chi connectivity index (χ0) is 20.3. The van der Waals surface area contributed by atoms with Gasteiger partial charge in [-0.25, -0.2) is 4.79 Å². The number of pyridine rings is 1. The number of aliphatic hydroxyl groups excluding tert-OH is 1. The summed E-state index contributed by atoms with van der Waals surface area (Å²) in [6.07, 6.45) is 1.93. The molecule has 0 radical (unpaired) electrons. The molecule has 0 saturated heterocycles. The number of fused-ring (bicyclic) bond motifs is 1. The predicted octanol–water partition coefficient (Wildman–Crippen LogP) is 2.61. The lowest BCUT2D eigenvalue weighted by Gasteiger charge is -2.15. The molecular formula is C21H17NO6. The van der Waals surface area contributed by atoms with Gasteiger partial charge in [-0.2, -0.15) is 0 Å². The second-order valence-corrected chi connectivity index (χ2v) is 6.03. The van der Waals surface area contributed by atoms with E-state index in [4.69, 9.17) is 9.84 Å². The van der Waals surface area contributed by atoms with E-state index in [1.165, 1.54) is 6.20 Å². The van der Waals surface area contributed by atoms with Crippen molar-refractivity contribution >= 4 is 28.4 Å². The Morgan fingerprint density at radius 2 is 1.75 bits per heavy atom. The highest BCUT2D eigenvalue weighted by Gasteiger charge is 2.16. The fourth-order valence-electron chi connectivity index (χ4n) is 2.94. The maximum atomic E-state index is 12.8. The van der Waals surface area contributed by atoms with E-state index >= 15 is 0 Å². The monoisotopic (exact) mass is 379 g/mol. The Bertz CT molecular complexity index is 1160. The summed E-state index contributed by atoms with van der Waals surface area (Å²) in [6, 6.07) is 14.2. The summed E-state index contributed by atoms with van der Waals surface area (Å²) < 4.78 is 7.10. The van der Waals surface area contributed by atoms with Crippen LogP contribution in [-0.2, 0) is 16.1 Å². The first-order valence-electron chi connectivity index (χ1n) is 8.34. The van der Waals surface area contributed by atoms with Crippen LogP contribution in [0.1, 0.15) is 11.1 Å². The number of aliphatic carboxylic acids is 1. The third kappa shape index (κ3) is 3.64. The van der Waals surface area contributed by atoms with E-state index in [0.717, 1.165) is 5.56 Å². The van der Waals surface area contributed by atoms with E-state index in [1.807, 2.05) is 24.3 Å². The molecule has 1 aromatic heterocycles. The molecule has 0 saturated carbocycles. The fourth-order valence-corrected chi connectivity index (χ4v) is 2.94. The lowest BCUT2D eigenvalue weighted by molar-refractivity contribution is -0.146. The number of para-hydroxylation sites is 2. The van der Waals surface area contributed by atoms with Crippen LogP contribution >= 0.6 is 0 Å². The fraction of sp³-hybridized carbons (Fsp3) is 0.0952. The summed E-state index contributed by atoms with van der Waals surface area (Å²) in [5.41, 5.74) is 0.802. The molecule has 0 atom stereocenters. The Hall–Kier alpha value is -3.87. The van der Waals surface area contributed by atoms with Gasteiger partial charge in [0.25, 0.3) is 5.78 Å². The number of carboxylic acids is 1. The lowest BCUT2D eigenvalue weighted by atomic mass is 10.1. The summed E-state index contributed by atoms with van der Waals surface area (Å²) in [7, 11) is 1.56. The highest BCUT2D eigenvalue weighted by atomic mass is 16.5. The van der Waals surface area contributed by atoms with Crippen LogP contribution in [0.25, 0.3) is 16.7 Å². The maximum Gasteiger partial charge on any atom is 0.376 e. The number of aliphatic hydroxyl groups is 1. The Kier molecular flexibility index (Phi) is 5.26. The van der Waals surface area contributed by atoms with Crippen LogP contribution in [0.5, 0.6) is 5.75 Å². The highest BCUT2D eigenvalue weighted by molar-refractivity contribution is 6.38. The summed E-state index contributed by atoms with van der Waals surface area (Å²) in [5.74, 6) is -3.08. The number of ketones is 1. The molecule has 0 spiro atoms. The minimum absolute atomic E-state index is 0.164.